The maximum absolute atomic E-state index is 11.8. The summed E-state index contributed by atoms with van der Waals surface area (Å²) in [5.41, 5.74) is 0. The van der Waals surface area contributed by atoms with Gasteiger partial charge in [0.1, 0.15) is 0 Å². The summed E-state index contributed by atoms with van der Waals surface area (Å²) in [5, 5.41) is 8.86. The predicted octanol–water partition coefficient (Wildman–Crippen LogP) is 1.01. The second-order valence-electron chi connectivity index (χ2n) is 4.90. The number of hydrogen-bond acceptors (Lipinski definition) is 3. The molecular weight excluding hydrogens is 214 g/mol. The number of carbonyl (C=O) groups excluding carboxylic acids is 1. The normalized spacial score (nSPS) is 27.1. The third-order valence-electron chi connectivity index (χ3n) is 3.73. The van der Waals surface area contributed by atoms with E-state index >= 15 is 0 Å². The molecule has 1 atom stereocenters. The SMILES string of the molecule is C=CCN1CCC(N2CC(C#N)CC2=O)CC1. The minimum atomic E-state index is -0.0892. The van der Waals surface area contributed by atoms with Crippen LogP contribution in [0.2, 0.25) is 0 Å². The van der Waals surface area contributed by atoms with E-state index < -0.39 is 0 Å². The van der Waals surface area contributed by atoms with Gasteiger partial charge in [0.15, 0.2) is 0 Å². The average molecular weight is 233 g/mol. The molecule has 2 heterocycles. The van der Waals surface area contributed by atoms with Gasteiger partial charge in [-0.3, -0.25) is 9.69 Å². The van der Waals surface area contributed by atoms with Gasteiger partial charge in [0.25, 0.3) is 0 Å². The predicted molar refractivity (Wildman–Crippen MR) is 65.1 cm³/mol. The van der Waals surface area contributed by atoms with E-state index in [4.69, 9.17) is 5.26 Å². The van der Waals surface area contributed by atoms with Gasteiger partial charge in [0, 0.05) is 38.6 Å². The summed E-state index contributed by atoms with van der Waals surface area (Å²) in [7, 11) is 0. The van der Waals surface area contributed by atoms with Gasteiger partial charge < -0.3 is 4.90 Å². The van der Waals surface area contributed by atoms with Crippen LogP contribution in [0.15, 0.2) is 12.7 Å². The lowest BCUT2D eigenvalue weighted by atomic mass is 10.0. The summed E-state index contributed by atoms with van der Waals surface area (Å²) in [4.78, 5) is 16.1. The highest BCUT2D eigenvalue weighted by atomic mass is 16.2. The number of hydrogen-bond donors (Lipinski definition) is 0. The summed E-state index contributed by atoms with van der Waals surface area (Å²) >= 11 is 0. The second kappa shape index (κ2) is 5.33. The molecular formula is C13H19N3O. The first-order chi connectivity index (χ1) is 8.24. The van der Waals surface area contributed by atoms with E-state index in [2.05, 4.69) is 17.5 Å². The van der Waals surface area contributed by atoms with Crippen molar-refractivity contribution < 1.29 is 4.79 Å². The van der Waals surface area contributed by atoms with Gasteiger partial charge in [-0.25, -0.2) is 0 Å². The Balaban J connectivity index is 1.87. The largest absolute Gasteiger partial charge is 0.338 e. The first-order valence-electron chi connectivity index (χ1n) is 6.27. The number of piperidine rings is 1. The Labute approximate surface area is 102 Å². The highest BCUT2D eigenvalue weighted by molar-refractivity contribution is 5.79. The number of carbonyl (C=O) groups is 1. The molecule has 0 aromatic rings. The monoisotopic (exact) mass is 233 g/mol. The number of nitriles is 1. The van der Waals surface area contributed by atoms with Crippen LogP contribution in [0.3, 0.4) is 0 Å². The number of likely N-dealkylation sites (tertiary alicyclic amines) is 2. The van der Waals surface area contributed by atoms with Crippen molar-refractivity contribution in [2.24, 2.45) is 5.92 Å². The Hall–Kier alpha value is -1.34. The van der Waals surface area contributed by atoms with Crippen LogP contribution in [-0.2, 0) is 4.79 Å². The Kier molecular flexibility index (Phi) is 3.80. The average Bonchev–Trinajstić information content (AvgIpc) is 2.72. The fourth-order valence-electron chi connectivity index (χ4n) is 2.77. The van der Waals surface area contributed by atoms with Crippen molar-refractivity contribution in [1.82, 2.24) is 9.80 Å². The molecule has 0 aliphatic carbocycles. The van der Waals surface area contributed by atoms with Gasteiger partial charge in [0.05, 0.1) is 12.0 Å². The Morgan fingerprint density at radius 1 is 1.47 bits per heavy atom. The molecule has 0 bridgehead atoms. The molecule has 2 rings (SSSR count). The summed E-state index contributed by atoms with van der Waals surface area (Å²) in [6.45, 7) is 7.37. The summed E-state index contributed by atoms with van der Waals surface area (Å²) < 4.78 is 0. The zero-order chi connectivity index (χ0) is 12.3. The molecule has 4 nitrogen and oxygen atoms in total. The van der Waals surface area contributed by atoms with Crippen molar-refractivity contribution in [2.45, 2.75) is 25.3 Å². The Morgan fingerprint density at radius 2 is 2.18 bits per heavy atom. The molecule has 2 fully saturated rings. The van der Waals surface area contributed by atoms with Crippen LogP contribution in [0, 0.1) is 17.2 Å². The van der Waals surface area contributed by atoms with Crippen LogP contribution >= 0.6 is 0 Å². The molecule has 1 unspecified atom stereocenters. The van der Waals surface area contributed by atoms with Crippen molar-refractivity contribution in [3.8, 4) is 6.07 Å². The van der Waals surface area contributed by atoms with Crippen LogP contribution in [0.5, 0.6) is 0 Å². The zero-order valence-electron chi connectivity index (χ0n) is 10.1. The van der Waals surface area contributed by atoms with Crippen molar-refractivity contribution in [3.63, 3.8) is 0 Å². The van der Waals surface area contributed by atoms with Crippen LogP contribution in [0.25, 0.3) is 0 Å². The smallest absolute Gasteiger partial charge is 0.224 e. The third-order valence-corrected chi connectivity index (χ3v) is 3.73. The van der Waals surface area contributed by atoms with E-state index in [0.29, 0.717) is 19.0 Å². The quantitative estimate of drug-likeness (QED) is 0.683. The molecule has 0 radical (unpaired) electrons. The van der Waals surface area contributed by atoms with Crippen LogP contribution in [0.1, 0.15) is 19.3 Å². The van der Waals surface area contributed by atoms with Gasteiger partial charge in [-0.1, -0.05) is 6.08 Å². The van der Waals surface area contributed by atoms with Crippen molar-refractivity contribution >= 4 is 5.91 Å². The summed E-state index contributed by atoms with van der Waals surface area (Å²) in [5.74, 6) is 0.0763. The fraction of sp³-hybridized carbons (Fsp3) is 0.692. The maximum atomic E-state index is 11.8. The van der Waals surface area contributed by atoms with Crippen molar-refractivity contribution in [2.75, 3.05) is 26.2 Å². The minimum absolute atomic E-state index is 0.0892. The molecule has 0 aromatic carbocycles. The van der Waals surface area contributed by atoms with Gasteiger partial charge in [-0.2, -0.15) is 5.26 Å². The van der Waals surface area contributed by atoms with E-state index in [1.54, 1.807) is 0 Å². The van der Waals surface area contributed by atoms with Gasteiger partial charge in [0.2, 0.25) is 5.91 Å². The topological polar surface area (TPSA) is 47.3 Å². The number of nitrogens with zero attached hydrogens (tertiary/aromatic N) is 3. The Morgan fingerprint density at radius 3 is 2.71 bits per heavy atom. The molecule has 0 saturated carbocycles. The minimum Gasteiger partial charge on any atom is -0.338 e. The highest BCUT2D eigenvalue weighted by Gasteiger charge is 2.35. The van der Waals surface area contributed by atoms with E-state index in [-0.39, 0.29) is 11.8 Å². The van der Waals surface area contributed by atoms with E-state index in [0.717, 1.165) is 32.5 Å². The number of amides is 1. The van der Waals surface area contributed by atoms with Crippen LogP contribution < -0.4 is 0 Å². The molecule has 0 spiro atoms. The third kappa shape index (κ3) is 2.67. The van der Waals surface area contributed by atoms with Crippen LogP contribution in [-0.4, -0.2) is 47.9 Å². The zero-order valence-corrected chi connectivity index (χ0v) is 10.1. The number of rotatable bonds is 3. The Bertz CT molecular complexity index is 339. The second-order valence-corrected chi connectivity index (χ2v) is 4.90. The van der Waals surface area contributed by atoms with Crippen LogP contribution in [0.4, 0.5) is 0 Å². The fourth-order valence-corrected chi connectivity index (χ4v) is 2.77. The lowest BCUT2D eigenvalue weighted by molar-refractivity contribution is -0.130. The molecule has 4 heteroatoms. The molecule has 17 heavy (non-hydrogen) atoms. The summed E-state index contributed by atoms with van der Waals surface area (Å²) in [6.07, 6.45) is 4.39. The standard InChI is InChI=1S/C13H19N3O/c1-2-5-15-6-3-12(4-7-15)16-10-11(9-14)8-13(16)17/h2,11-12H,1,3-8,10H2. The summed E-state index contributed by atoms with van der Waals surface area (Å²) in [6, 6.07) is 2.56. The van der Waals surface area contributed by atoms with Gasteiger partial charge >= 0.3 is 0 Å². The molecule has 2 aliphatic heterocycles. The molecule has 92 valence electrons. The highest BCUT2D eigenvalue weighted by Crippen LogP contribution is 2.24. The molecule has 2 aliphatic rings. The molecule has 0 N–H and O–H groups in total. The van der Waals surface area contributed by atoms with Gasteiger partial charge in [-0.05, 0) is 12.8 Å². The van der Waals surface area contributed by atoms with Crippen molar-refractivity contribution in [3.05, 3.63) is 12.7 Å². The van der Waals surface area contributed by atoms with E-state index in [1.165, 1.54) is 0 Å². The lowest BCUT2D eigenvalue weighted by Gasteiger charge is -2.36. The first kappa shape index (κ1) is 12.1. The maximum Gasteiger partial charge on any atom is 0.224 e. The molecule has 0 aromatic heterocycles. The van der Waals surface area contributed by atoms with E-state index in [1.807, 2.05) is 11.0 Å². The molecule has 1 amide bonds. The molecule has 2 saturated heterocycles. The van der Waals surface area contributed by atoms with E-state index in [9.17, 15) is 4.79 Å². The van der Waals surface area contributed by atoms with Gasteiger partial charge in [-0.15, -0.1) is 6.58 Å². The first-order valence-corrected chi connectivity index (χ1v) is 6.27. The lowest BCUT2D eigenvalue weighted by Crippen LogP contribution is -2.45. The van der Waals surface area contributed by atoms with Crippen molar-refractivity contribution in [1.29, 1.82) is 5.26 Å².